The Balaban J connectivity index is 2.29. The molecule has 0 heterocycles. The minimum absolute atomic E-state index is 0.0971. The van der Waals surface area contributed by atoms with Crippen molar-refractivity contribution in [2.24, 2.45) is 5.41 Å². The second-order valence-corrected chi connectivity index (χ2v) is 7.07. The zero-order valence-corrected chi connectivity index (χ0v) is 14.3. The largest absolute Gasteiger partial charge is 0.492 e. The molecule has 0 amide bonds. The molecule has 1 aliphatic rings. The SMILES string of the molecule is CCOc1cc(Cl)c(C(Cl)C2(C)CCCCC2)cc1Cl. The van der Waals surface area contributed by atoms with E-state index in [0.717, 1.165) is 18.4 Å². The number of alkyl halides is 1. The topological polar surface area (TPSA) is 9.23 Å². The molecule has 4 heteroatoms. The second-order valence-electron chi connectivity index (χ2n) is 5.81. The Morgan fingerprint density at radius 1 is 1.15 bits per heavy atom. The van der Waals surface area contributed by atoms with Gasteiger partial charge in [0, 0.05) is 11.1 Å². The first kappa shape index (κ1) is 16.3. The molecule has 112 valence electrons. The van der Waals surface area contributed by atoms with Crippen molar-refractivity contribution >= 4 is 34.8 Å². The van der Waals surface area contributed by atoms with Crippen LogP contribution in [-0.4, -0.2) is 6.61 Å². The summed E-state index contributed by atoms with van der Waals surface area (Å²) in [5, 5.41) is 1.12. The molecule has 0 aromatic heterocycles. The van der Waals surface area contributed by atoms with Crippen LogP contribution in [0.4, 0.5) is 0 Å². The van der Waals surface area contributed by atoms with E-state index in [2.05, 4.69) is 6.92 Å². The predicted molar refractivity (Wildman–Crippen MR) is 87.4 cm³/mol. The van der Waals surface area contributed by atoms with Gasteiger partial charge in [0.1, 0.15) is 5.75 Å². The molecule has 0 bridgehead atoms. The monoisotopic (exact) mass is 334 g/mol. The Labute approximate surface area is 136 Å². The fraction of sp³-hybridized carbons (Fsp3) is 0.625. The lowest BCUT2D eigenvalue weighted by Gasteiger charge is -2.38. The number of hydrogen-bond acceptors (Lipinski definition) is 1. The number of rotatable bonds is 4. The van der Waals surface area contributed by atoms with Crippen molar-refractivity contribution in [3.8, 4) is 5.75 Å². The number of ether oxygens (including phenoxy) is 1. The van der Waals surface area contributed by atoms with Gasteiger partial charge in [-0.05, 0) is 36.8 Å². The highest BCUT2D eigenvalue weighted by Gasteiger charge is 2.36. The number of halogens is 3. The van der Waals surface area contributed by atoms with Crippen LogP contribution in [-0.2, 0) is 0 Å². The molecule has 1 fully saturated rings. The van der Waals surface area contributed by atoms with Crippen molar-refractivity contribution in [1.29, 1.82) is 0 Å². The highest BCUT2D eigenvalue weighted by molar-refractivity contribution is 6.35. The van der Waals surface area contributed by atoms with Gasteiger partial charge in [0.25, 0.3) is 0 Å². The lowest BCUT2D eigenvalue weighted by molar-refractivity contribution is 0.206. The predicted octanol–water partition coefficient (Wildman–Crippen LogP) is 6.64. The average molecular weight is 336 g/mol. The standard InChI is InChI=1S/C16H21Cl3O/c1-3-20-14-10-12(17)11(9-13(14)18)15(19)16(2)7-5-4-6-8-16/h9-10,15H,3-8H2,1-2H3. The summed E-state index contributed by atoms with van der Waals surface area (Å²) in [6.07, 6.45) is 6.06. The van der Waals surface area contributed by atoms with Crippen LogP contribution in [0.2, 0.25) is 10.0 Å². The normalized spacial score (nSPS) is 19.6. The van der Waals surface area contributed by atoms with E-state index < -0.39 is 0 Å². The van der Waals surface area contributed by atoms with Crippen LogP contribution in [0.15, 0.2) is 12.1 Å². The summed E-state index contributed by atoms with van der Waals surface area (Å²) in [4.78, 5) is 0. The van der Waals surface area contributed by atoms with Crippen molar-refractivity contribution in [2.45, 2.75) is 51.3 Å². The van der Waals surface area contributed by atoms with Crippen molar-refractivity contribution in [3.05, 3.63) is 27.7 Å². The Hall–Kier alpha value is -0.110. The molecular weight excluding hydrogens is 315 g/mol. The smallest absolute Gasteiger partial charge is 0.139 e. The number of hydrogen-bond donors (Lipinski definition) is 0. The van der Waals surface area contributed by atoms with Gasteiger partial charge in [0.05, 0.1) is 17.0 Å². The molecule has 0 N–H and O–H groups in total. The van der Waals surface area contributed by atoms with E-state index in [1.807, 2.05) is 13.0 Å². The van der Waals surface area contributed by atoms with Crippen LogP contribution in [0, 0.1) is 5.41 Å². The summed E-state index contributed by atoms with van der Waals surface area (Å²) in [6.45, 7) is 4.74. The van der Waals surface area contributed by atoms with E-state index in [-0.39, 0.29) is 10.8 Å². The third-order valence-corrected chi connectivity index (χ3v) is 5.62. The fourth-order valence-electron chi connectivity index (χ4n) is 2.99. The van der Waals surface area contributed by atoms with Crippen LogP contribution in [0.25, 0.3) is 0 Å². The van der Waals surface area contributed by atoms with Gasteiger partial charge < -0.3 is 4.74 Å². The van der Waals surface area contributed by atoms with E-state index >= 15 is 0 Å². The Bertz CT molecular complexity index is 467. The second kappa shape index (κ2) is 6.77. The molecule has 1 aromatic carbocycles. The van der Waals surface area contributed by atoms with Crippen molar-refractivity contribution < 1.29 is 4.74 Å². The van der Waals surface area contributed by atoms with Gasteiger partial charge in [-0.1, -0.05) is 49.4 Å². The Morgan fingerprint density at radius 3 is 2.40 bits per heavy atom. The molecule has 1 unspecified atom stereocenters. The van der Waals surface area contributed by atoms with Gasteiger partial charge in [-0.2, -0.15) is 0 Å². The van der Waals surface area contributed by atoms with Crippen molar-refractivity contribution in [3.63, 3.8) is 0 Å². The molecule has 1 saturated carbocycles. The summed E-state index contributed by atoms with van der Waals surface area (Å²) in [5.41, 5.74) is 1.02. The average Bonchev–Trinajstić information content (AvgIpc) is 2.43. The molecule has 0 spiro atoms. The molecule has 20 heavy (non-hydrogen) atoms. The molecule has 1 atom stereocenters. The molecule has 1 aromatic rings. The Kier molecular flexibility index (Phi) is 5.50. The van der Waals surface area contributed by atoms with Crippen LogP contribution in [0.3, 0.4) is 0 Å². The maximum absolute atomic E-state index is 6.75. The minimum Gasteiger partial charge on any atom is -0.492 e. The molecule has 2 rings (SSSR count). The first-order valence-electron chi connectivity index (χ1n) is 7.24. The molecule has 1 nitrogen and oxygen atoms in total. The molecule has 1 aliphatic carbocycles. The number of benzene rings is 1. The van der Waals surface area contributed by atoms with Crippen molar-refractivity contribution in [2.75, 3.05) is 6.61 Å². The lowest BCUT2D eigenvalue weighted by atomic mass is 9.71. The fourth-order valence-corrected chi connectivity index (χ4v) is 3.94. The molecule has 0 saturated heterocycles. The zero-order valence-electron chi connectivity index (χ0n) is 12.0. The van der Waals surface area contributed by atoms with Gasteiger partial charge in [-0.3, -0.25) is 0 Å². The van der Waals surface area contributed by atoms with Crippen LogP contribution < -0.4 is 4.74 Å². The summed E-state index contributed by atoms with van der Waals surface area (Å²) in [5.74, 6) is 0.626. The van der Waals surface area contributed by atoms with Gasteiger partial charge >= 0.3 is 0 Å². The summed E-state index contributed by atoms with van der Waals surface area (Å²) in [7, 11) is 0. The van der Waals surface area contributed by atoms with Crippen LogP contribution in [0.5, 0.6) is 5.75 Å². The van der Waals surface area contributed by atoms with Gasteiger partial charge in [0.15, 0.2) is 0 Å². The highest BCUT2D eigenvalue weighted by atomic mass is 35.5. The lowest BCUT2D eigenvalue weighted by Crippen LogP contribution is -2.25. The third-order valence-electron chi connectivity index (χ3n) is 4.23. The van der Waals surface area contributed by atoms with Gasteiger partial charge in [0.2, 0.25) is 0 Å². The Morgan fingerprint density at radius 2 is 1.80 bits per heavy atom. The van der Waals surface area contributed by atoms with Crippen LogP contribution >= 0.6 is 34.8 Å². The maximum atomic E-state index is 6.75. The first-order valence-corrected chi connectivity index (χ1v) is 8.43. The highest BCUT2D eigenvalue weighted by Crippen LogP contribution is 2.51. The molecule has 0 radical (unpaired) electrons. The van der Waals surface area contributed by atoms with E-state index in [1.165, 1.54) is 19.3 Å². The van der Waals surface area contributed by atoms with Crippen LogP contribution in [0.1, 0.15) is 56.9 Å². The van der Waals surface area contributed by atoms with E-state index in [9.17, 15) is 0 Å². The summed E-state index contributed by atoms with van der Waals surface area (Å²) >= 11 is 19.4. The minimum atomic E-state index is -0.108. The summed E-state index contributed by atoms with van der Waals surface area (Å²) in [6, 6.07) is 3.65. The molecule has 0 aliphatic heterocycles. The quantitative estimate of drug-likeness (QED) is 0.560. The zero-order chi connectivity index (χ0) is 14.8. The van der Waals surface area contributed by atoms with Gasteiger partial charge in [-0.25, -0.2) is 0 Å². The van der Waals surface area contributed by atoms with Crippen molar-refractivity contribution in [1.82, 2.24) is 0 Å². The van der Waals surface area contributed by atoms with Gasteiger partial charge in [-0.15, -0.1) is 11.6 Å². The van der Waals surface area contributed by atoms with E-state index in [4.69, 9.17) is 39.5 Å². The first-order chi connectivity index (χ1) is 9.48. The molecular formula is C16H21Cl3O. The third kappa shape index (κ3) is 3.37. The van der Waals surface area contributed by atoms with E-state index in [1.54, 1.807) is 6.07 Å². The summed E-state index contributed by atoms with van der Waals surface area (Å²) < 4.78 is 5.46. The maximum Gasteiger partial charge on any atom is 0.139 e. The van der Waals surface area contributed by atoms with E-state index in [0.29, 0.717) is 22.4 Å².